The molecule has 2 rings (SSSR count). The minimum absolute atomic E-state index is 0.580. The maximum absolute atomic E-state index is 12.0. The zero-order valence-electron chi connectivity index (χ0n) is 12.8. The molecule has 2 N–H and O–H groups in total. The Morgan fingerprint density at radius 1 is 0.864 bits per heavy atom. The van der Waals surface area contributed by atoms with Gasteiger partial charge < -0.3 is 18.8 Å². The summed E-state index contributed by atoms with van der Waals surface area (Å²) in [5.41, 5.74) is 1.16. The second-order valence-corrected chi connectivity index (χ2v) is 13.1. The zero-order valence-corrected chi connectivity index (χ0v) is 14.8. The second-order valence-electron chi connectivity index (χ2n) is 5.68. The first-order chi connectivity index (χ1) is 10.2. The SMILES string of the molecule is C[Si](C)(OC(=O)C(=O)O[Si](C)(C)c1ncc[nH]1)c1ncc[nH]1. The predicted octanol–water partition coefficient (Wildman–Crippen LogP) is -0.256. The van der Waals surface area contributed by atoms with Gasteiger partial charge >= 0.3 is 28.6 Å². The molecule has 0 spiro atoms. The maximum Gasteiger partial charge on any atom is 0.403 e. The monoisotopic (exact) mass is 338 g/mol. The van der Waals surface area contributed by atoms with Gasteiger partial charge in [-0.05, 0) is 26.2 Å². The number of nitrogens with one attached hydrogen (secondary N) is 2. The Morgan fingerprint density at radius 3 is 1.50 bits per heavy atom. The van der Waals surface area contributed by atoms with Crippen LogP contribution in [0.4, 0.5) is 0 Å². The molecular weight excluding hydrogens is 320 g/mol. The Hall–Kier alpha value is -2.21. The summed E-state index contributed by atoms with van der Waals surface area (Å²) < 4.78 is 10.7. The van der Waals surface area contributed by atoms with Gasteiger partial charge in [0.05, 0.1) is 0 Å². The molecule has 0 atom stereocenters. The molecule has 0 fully saturated rings. The quantitative estimate of drug-likeness (QED) is 0.587. The number of nitrogens with zero attached hydrogens (tertiary/aromatic N) is 2. The number of carbonyl (C=O) groups excluding carboxylic acids is 2. The summed E-state index contributed by atoms with van der Waals surface area (Å²) in [7, 11) is -5.24. The molecule has 0 unspecified atom stereocenters. The number of aromatic nitrogens is 4. The molecule has 2 aromatic rings. The molecule has 0 aliphatic rings. The molecule has 2 heterocycles. The number of hydrogen-bond donors (Lipinski definition) is 2. The predicted molar refractivity (Wildman–Crippen MR) is 83.6 cm³/mol. The molecule has 0 aliphatic carbocycles. The molecule has 0 saturated carbocycles. The number of carbonyl (C=O) groups is 2. The molecule has 0 aromatic carbocycles. The van der Waals surface area contributed by atoms with Gasteiger partial charge in [-0.25, -0.2) is 19.6 Å². The first-order valence-electron chi connectivity index (χ1n) is 6.68. The highest BCUT2D eigenvalue weighted by molar-refractivity contribution is 6.86. The van der Waals surface area contributed by atoms with Crippen LogP contribution >= 0.6 is 0 Å². The van der Waals surface area contributed by atoms with Crippen molar-refractivity contribution in [2.24, 2.45) is 0 Å². The van der Waals surface area contributed by atoms with Crippen molar-refractivity contribution < 1.29 is 18.4 Å². The average Bonchev–Trinajstić information content (AvgIpc) is 3.11. The number of H-pyrrole nitrogens is 2. The molecule has 0 saturated heterocycles. The third-order valence-corrected chi connectivity index (χ3v) is 7.22. The lowest BCUT2D eigenvalue weighted by Gasteiger charge is -2.23. The third-order valence-electron chi connectivity index (χ3n) is 3.00. The molecule has 118 valence electrons. The number of aromatic amines is 2. The van der Waals surface area contributed by atoms with Crippen LogP contribution in [0.2, 0.25) is 26.2 Å². The van der Waals surface area contributed by atoms with Crippen LogP contribution in [0.5, 0.6) is 0 Å². The Labute approximate surface area is 129 Å². The van der Waals surface area contributed by atoms with Crippen LogP contribution in [-0.2, 0) is 18.4 Å². The van der Waals surface area contributed by atoms with Gasteiger partial charge in [0.15, 0.2) is 0 Å². The van der Waals surface area contributed by atoms with Crippen molar-refractivity contribution in [3.63, 3.8) is 0 Å². The van der Waals surface area contributed by atoms with Crippen LogP contribution in [0.1, 0.15) is 0 Å². The fourth-order valence-electron chi connectivity index (χ4n) is 1.83. The Balaban J connectivity index is 2.03. The van der Waals surface area contributed by atoms with E-state index in [0.29, 0.717) is 10.9 Å². The van der Waals surface area contributed by atoms with E-state index >= 15 is 0 Å². The van der Waals surface area contributed by atoms with Gasteiger partial charge in [-0.1, -0.05) is 0 Å². The van der Waals surface area contributed by atoms with Gasteiger partial charge in [0.25, 0.3) is 0 Å². The van der Waals surface area contributed by atoms with Crippen molar-refractivity contribution in [2.45, 2.75) is 26.2 Å². The first-order valence-corrected chi connectivity index (χ1v) is 12.5. The molecule has 2 aromatic heterocycles. The summed E-state index contributed by atoms with van der Waals surface area (Å²) in [4.78, 5) is 38.0. The highest BCUT2D eigenvalue weighted by atomic mass is 28.4. The fourth-order valence-corrected chi connectivity index (χ4v) is 4.75. The summed E-state index contributed by atoms with van der Waals surface area (Å²) >= 11 is 0. The Kier molecular flexibility index (Phi) is 4.33. The van der Waals surface area contributed by atoms with E-state index < -0.39 is 28.6 Å². The number of rotatable bonds is 4. The molecule has 22 heavy (non-hydrogen) atoms. The number of hydrogen-bond acceptors (Lipinski definition) is 6. The van der Waals surface area contributed by atoms with Gasteiger partial charge in [0.1, 0.15) is 10.9 Å². The largest absolute Gasteiger partial charge is 0.504 e. The van der Waals surface area contributed by atoms with E-state index in [9.17, 15) is 9.59 Å². The van der Waals surface area contributed by atoms with E-state index in [1.165, 1.54) is 0 Å². The molecular formula is C12H18N4O4Si2. The van der Waals surface area contributed by atoms with Crippen LogP contribution in [-0.4, -0.2) is 48.5 Å². The highest BCUT2D eigenvalue weighted by Crippen LogP contribution is 2.07. The molecule has 0 aliphatic heterocycles. The lowest BCUT2D eigenvalue weighted by molar-refractivity contribution is -0.157. The van der Waals surface area contributed by atoms with Crippen molar-refractivity contribution in [3.05, 3.63) is 24.8 Å². The Bertz CT molecular complexity index is 594. The second kappa shape index (κ2) is 5.89. The van der Waals surface area contributed by atoms with E-state index in [1.54, 1.807) is 51.0 Å². The van der Waals surface area contributed by atoms with E-state index in [-0.39, 0.29) is 0 Å². The summed E-state index contributed by atoms with van der Waals surface area (Å²) in [6.45, 7) is 7.08. The molecule has 10 heteroatoms. The molecule has 8 nitrogen and oxygen atoms in total. The number of imidazole rings is 2. The maximum atomic E-state index is 12.0. The van der Waals surface area contributed by atoms with E-state index in [0.717, 1.165) is 0 Å². The molecule has 0 radical (unpaired) electrons. The minimum Gasteiger partial charge on any atom is -0.504 e. The van der Waals surface area contributed by atoms with Crippen LogP contribution in [0, 0.1) is 0 Å². The highest BCUT2D eigenvalue weighted by Gasteiger charge is 2.39. The zero-order chi connectivity index (χ0) is 16.4. The normalized spacial score (nSPS) is 12.0. The van der Waals surface area contributed by atoms with Crippen LogP contribution < -0.4 is 10.9 Å². The topological polar surface area (TPSA) is 110 Å². The van der Waals surface area contributed by atoms with Gasteiger partial charge in [-0.3, -0.25) is 0 Å². The van der Waals surface area contributed by atoms with Crippen LogP contribution in [0.3, 0.4) is 0 Å². The third kappa shape index (κ3) is 3.51. The summed E-state index contributed by atoms with van der Waals surface area (Å²) in [5, 5.41) is 0. The smallest absolute Gasteiger partial charge is 0.403 e. The summed E-state index contributed by atoms with van der Waals surface area (Å²) in [6, 6.07) is 0. The van der Waals surface area contributed by atoms with E-state index in [2.05, 4.69) is 19.9 Å². The van der Waals surface area contributed by atoms with Gasteiger partial charge in [-0.15, -0.1) is 0 Å². The van der Waals surface area contributed by atoms with E-state index in [1.807, 2.05) is 0 Å². The van der Waals surface area contributed by atoms with Crippen LogP contribution in [0.25, 0.3) is 0 Å². The van der Waals surface area contributed by atoms with Crippen molar-refractivity contribution in [1.82, 2.24) is 19.9 Å². The summed E-state index contributed by atoms with van der Waals surface area (Å²) in [6.07, 6.45) is 6.43. The average molecular weight is 338 g/mol. The van der Waals surface area contributed by atoms with Crippen molar-refractivity contribution >= 4 is 39.5 Å². The lowest BCUT2D eigenvalue weighted by atomic mass is 10.7. The summed E-state index contributed by atoms with van der Waals surface area (Å²) in [5.74, 6) is -2.00. The van der Waals surface area contributed by atoms with Gasteiger partial charge in [-0.2, -0.15) is 0 Å². The van der Waals surface area contributed by atoms with Gasteiger partial charge in [0, 0.05) is 24.8 Å². The van der Waals surface area contributed by atoms with Crippen molar-refractivity contribution in [1.29, 1.82) is 0 Å². The van der Waals surface area contributed by atoms with E-state index in [4.69, 9.17) is 8.85 Å². The standard InChI is InChI=1S/C12H18N4O4Si2/c1-21(2,11-13-5-6-14-11)19-9(17)10(18)20-22(3,4)12-15-7-8-16-12/h5-8H,1-4H3,(H,13,14)(H,15,16). The molecule has 0 amide bonds. The van der Waals surface area contributed by atoms with Crippen molar-refractivity contribution in [2.75, 3.05) is 0 Å². The van der Waals surface area contributed by atoms with Gasteiger partial charge in [0.2, 0.25) is 0 Å². The minimum atomic E-state index is -2.62. The first kappa shape index (κ1) is 16.2. The molecule has 0 bridgehead atoms. The lowest BCUT2D eigenvalue weighted by Crippen LogP contribution is -2.53. The van der Waals surface area contributed by atoms with Crippen molar-refractivity contribution in [3.8, 4) is 0 Å². The van der Waals surface area contributed by atoms with Crippen LogP contribution in [0.15, 0.2) is 24.8 Å². The fraction of sp³-hybridized carbons (Fsp3) is 0.333. The Morgan fingerprint density at radius 2 is 1.23 bits per heavy atom.